The van der Waals surface area contributed by atoms with Crippen molar-refractivity contribution >= 4 is 32.2 Å². The number of ether oxygens (including phenoxy) is 1. The Morgan fingerprint density at radius 2 is 2.12 bits per heavy atom. The Morgan fingerprint density at radius 1 is 1.35 bits per heavy atom. The van der Waals surface area contributed by atoms with Gasteiger partial charge in [-0.15, -0.1) is 11.3 Å². The molecule has 2 aromatic rings. The standard InChI is InChI=1S/C18H22N2O4S2/c1-26(22,23)15-7-5-13(6-8-15)16(12-14-4-2-3-10-24-14)17(21)20-18-19-9-11-25-18/h5-9,11,14,16H,2-4,10,12H2,1H3,(H,19,20,21). The highest BCUT2D eigenvalue weighted by atomic mass is 32.2. The van der Waals surface area contributed by atoms with E-state index in [-0.39, 0.29) is 16.9 Å². The summed E-state index contributed by atoms with van der Waals surface area (Å²) < 4.78 is 29.1. The van der Waals surface area contributed by atoms with Crippen molar-refractivity contribution in [2.24, 2.45) is 0 Å². The molecule has 1 saturated heterocycles. The van der Waals surface area contributed by atoms with Crippen molar-refractivity contribution < 1.29 is 17.9 Å². The lowest BCUT2D eigenvalue weighted by Gasteiger charge is -2.26. The molecule has 1 fully saturated rings. The van der Waals surface area contributed by atoms with E-state index in [2.05, 4.69) is 10.3 Å². The number of benzene rings is 1. The molecule has 1 aliphatic heterocycles. The lowest BCUT2D eigenvalue weighted by Crippen LogP contribution is -2.28. The molecule has 0 aliphatic carbocycles. The second-order valence-electron chi connectivity index (χ2n) is 6.44. The van der Waals surface area contributed by atoms with Crippen molar-refractivity contribution in [3.63, 3.8) is 0 Å². The normalized spacial score (nSPS) is 19.0. The highest BCUT2D eigenvalue weighted by molar-refractivity contribution is 7.90. The largest absolute Gasteiger partial charge is 0.378 e. The average Bonchev–Trinajstić information content (AvgIpc) is 3.13. The summed E-state index contributed by atoms with van der Waals surface area (Å²) >= 11 is 1.36. The van der Waals surface area contributed by atoms with E-state index < -0.39 is 15.8 Å². The number of rotatable bonds is 6. The van der Waals surface area contributed by atoms with Crippen LogP contribution in [-0.4, -0.2) is 38.3 Å². The number of nitrogens with one attached hydrogen (secondary N) is 1. The monoisotopic (exact) mass is 394 g/mol. The van der Waals surface area contributed by atoms with Gasteiger partial charge in [-0.2, -0.15) is 0 Å². The highest BCUT2D eigenvalue weighted by Crippen LogP contribution is 2.29. The minimum atomic E-state index is -3.27. The van der Waals surface area contributed by atoms with E-state index in [0.29, 0.717) is 11.6 Å². The first-order valence-corrected chi connectivity index (χ1v) is 11.3. The summed E-state index contributed by atoms with van der Waals surface area (Å²) in [4.78, 5) is 17.2. The predicted octanol–water partition coefficient (Wildman–Crippen LogP) is 3.23. The van der Waals surface area contributed by atoms with E-state index in [1.807, 2.05) is 0 Å². The van der Waals surface area contributed by atoms with E-state index in [4.69, 9.17) is 4.74 Å². The van der Waals surface area contributed by atoms with E-state index >= 15 is 0 Å². The second kappa shape index (κ2) is 8.28. The van der Waals surface area contributed by atoms with E-state index in [1.54, 1.807) is 35.8 Å². The molecule has 1 aromatic heterocycles. The summed E-state index contributed by atoms with van der Waals surface area (Å²) in [6.07, 6.45) is 6.49. The maximum Gasteiger partial charge on any atom is 0.233 e. The molecular weight excluding hydrogens is 372 g/mol. The van der Waals surface area contributed by atoms with Crippen molar-refractivity contribution in [1.82, 2.24) is 4.98 Å². The summed E-state index contributed by atoms with van der Waals surface area (Å²) in [6.45, 7) is 0.721. The van der Waals surface area contributed by atoms with Crippen molar-refractivity contribution in [1.29, 1.82) is 0 Å². The molecule has 0 saturated carbocycles. The van der Waals surface area contributed by atoms with Crippen LogP contribution in [0, 0.1) is 0 Å². The van der Waals surface area contributed by atoms with Crippen molar-refractivity contribution in [2.75, 3.05) is 18.2 Å². The molecule has 1 aliphatic rings. The van der Waals surface area contributed by atoms with Gasteiger partial charge in [-0.1, -0.05) is 12.1 Å². The van der Waals surface area contributed by atoms with Gasteiger partial charge < -0.3 is 10.1 Å². The Bertz CT molecular complexity index is 827. The van der Waals surface area contributed by atoms with Crippen LogP contribution in [0.2, 0.25) is 0 Å². The smallest absolute Gasteiger partial charge is 0.233 e. The minimum absolute atomic E-state index is 0.0328. The van der Waals surface area contributed by atoms with Crippen LogP contribution in [0.1, 0.15) is 37.2 Å². The first-order valence-electron chi connectivity index (χ1n) is 8.55. The highest BCUT2D eigenvalue weighted by Gasteiger charge is 2.27. The summed E-state index contributed by atoms with van der Waals surface area (Å²) in [6, 6.07) is 6.53. The fourth-order valence-electron chi connectivity index (χ4n) is 3.08. The zero-order chi connectivity index (χ0) is 18.6. The van der Waals surface area contributed by atoms with Gasteiger partial charge in [0.05, 0.1) is 16.9 Å². The number of amides is 1. The molecule has 2 heterocycles. The zero-order valence-electron chi connectivity index (χ0n) is 14.6. The van der Waals surface area contributed by atoms with Crippen LogP contribution < -0.4 is 5.32 Å². The molecule has 2 atom stereocenters. The number of carbonyl (C=O) groups is 1. The van der Waals surface area contributed by atoms with Crippen LogP contribution in [0.4, 0.5) is 5.13 Å². The molecule has 26 heavy (non-hydrogen) atoms. The van der Waals surface area contributed by atoms with Gasteiger partial charge in [0.2, 0.25) is 5.91 Å². The summed E-state index contributed by atoms with van der Waals surface area (Å²) in [5.74, 6) is -0.572. The molecule has 8 heteroatoms. The quantitative estimate of drug-likeness (QED) is 0.813. The number of nitrogens with zero attached hydrogens (tertiary/aromatic N) is 1. The molecule has 0 bridgehead atoms. The molecule has 6 nitrogen and oxygen atoms in total. The van der Waals surface area contributed by atoms with Gasteiger partial charge in [0.1, 0.15) is 0 Å². The first kappa shape index (κ1) is 19.0. The van der Waals surface area contributed by atoms with Crippen LogP contribution >= 0.6 is 11.3 Å². The minimum Gasteiger partial charge on any atom is -0.378 e. The number of aromatic nitrogens is 1. The Morgan fingerprint density at radius 3 is 2.69 bits per heavy atom. The molecule has 1 aromatic carbocycles. The van der Waals surface area contributed by atoms with E-state index in [9.17, 15) is 13.2 Å². The Kier molecular flexibility index (Phi) is 6.05. The maximum absolute atomic E-state index is 12.8. The van der Waals surface area contributed by atoms with Crippen LogP contribution in [0.15, 0.2) is 40.7 Å². The molecule has 1 amide bonds. The molecule has 0 spiro atoms. The number of hydrogen-bond donors (Lipinski definition) is 1. The van der Waals surface area contributed by atoms with E-state index in [1.165, 1.54) is 17.6 Å². The third-order valence-electron chi connectivity index (χ3n) is 4.46. The molecule has 2 unspecified atom stereocenters. The van der Waals surface area contributed by atoms with Crippen molar-refractivity contribution in [3.8, 4) is 0 Å². The van der Waals surface area contributed by atoms with Crippen LogP contribution in [0.5, 0.6) is 0 Å². The van der Waals surface area contributed by atoms with Crippen molar-refractivity contribution in [3.05, 3.63) is 41.4 Å². The SMILES string of the molecule is CS(=O)(=O)c1ccc(C(CC2CCCCO2)C(=O)Nc2nccs2)cc1. The van der Waals surface area contributed by atoms with Crippen molar-refractivity contribution in [2.45, 2.75) is 42.6 Å². The topological polar surface area (TPSA) is 85.4 Å². The van der Waals surface area contributed by atoms with Gasteiger partial charge in [0.25, 0.3) is 0 Å². The maximum atomic E-state index is 12.8. The van der Waals surface area contributed by atoms with Gasteiger partial charge in [-0.05, 0) is 43.4 Å². The molecule has 140 valence electrons. The number of hydrogen-bond acceptors (Lipinski definition) is 6. The van der Waals surface area contributed by atoms with Gasteiger partial charge in [-0.3, -0.25) is 4.79 Å². The third-order valence-corrected chi connectivity index (χ3v) is 6.28. The second-order valence-corrected chi connectivity index (χ2v) is 9.35. The summed E-state index contributed by atoms with van der Waals surface area (Å²) in [5, 5.41) is 5.20. The van der Waals surface area contributed by atoms with Gasteiger partial charge in [-0.25, -0.2) is 13.4 Å². The number of carbonyl (C=O) groups excluding carboxylic acids is 1. The van der Waals surface area contributed by atoms with Crippen LogP contribution in [0.25, 0.3) is 0 Å². The number of thiazole rings is 1. The average molecular weight is 395 g/mol. The van der Waals surface area contributed by atoms with Crippen LogP contribution in [-0.2, 0) is 19.4 Å². The third kappa shape index (κ3) is 4.90. The lowest BCUT2D eigenvalue weighted by atomic mass is 9.90. The molecular formula is C18H22N2O4S2. The summed E-state index contributed by atoms with van der Waals surface area (Å²) in [7, 11) is -3.27. The fraction of sp³-hybridized carbons (Fsp3) is 0.444. The molecule has 0 radical (unpaired) electrons. The van der Waals surface area contributed by atoms with Gasteiger partial charge in [0, 0.05) is 24.4 Å². The number of anilines is 1. The Labute approximate surface area is 157 Å². The fourth-order valence-corrected chi connectivity index (χ4v) is 4.24. The molecule has 1 N–H and O–H groups in total. The number of sulfone groups is 1. The molecule has 3 rings (SSSR count). The lowest BCUT2D eigenvalue weighted by molar-refractivity contribution is -0.118. The Hall–Kier alpha value is -1.77. The van der Waals surface area contributed by atoms with Crippen LogP contribution in [0.3, 0.4) is 0 Å². The van der Waals surface area contributed by atoms with E-state index in [0.717, 1.165) is 31.4 Å². The summed E-state index contributed by atoms with van der Waals surface area (Å²) in [5.41, 5.74) is 0.778. The van der Waals surface area contributed by atoms with Gasteiger partial charge in [0.15, 0.2) is 15.0 Å². The zero-order valence-corrected chi connectivity index (χ0v) is 16.2. The Balaban J connectivity index is 1.82. The first-order chi connectivity index (χ1) is 12.4. The predicted molar refractivity (Wildman–Crippen MR) is 101 cm³/mol. The van der Waals surface area contributed by atoms with Gasteiger partial charge >= 0.3 is 0 Å².